The smallest absolute Gasteiger partial charge is 0.315 e. The van der Waals surface area contributed by atoms with E-state index in [0.717, 1.165) is 12.0 Å². The first-order valence-corrected chi connectivity index (χ1v) is 9.22. The maximum absolute atomic E-state index is 11.8. The number of rotatable bonds is 7. The summed E-state index contributed by atoms with van der Waals surface area (Å²) in [6.45, 7) is 1.16. The summed E-state index contributed by atoms with van der Waals surface area (Å²) < 4.78 is 0. The molecule has 0 aliphatic rings. The summed E-state index contributed by atoms with van der Waals surface area (Å²) >= 11 is 1.71. The highest BCUT2D eigenvalue weighted by Crippen LogP contribution is 2.14. The molecule has 5 heteroatoms. The van der Waals surface area contributed by atoms with Crippen LogP contribution in [0.2, 0.25) is 0 Å². The molecule has 0 aliphatic carbocycles. The van der Waals surface area contributed by atoms with Crippen molar-refractivity contribution in [1.29, 1.82) is 0 Å². The molecule has 0 saturated carbocycles. The summed E-state index contributed by atoms with van der Waals surface area (Å²) in [6, 6.07) is 16.5. The van der Waals surface area contributed by atoms with Crippen molar-refractivity contribution in [2.45, 2.75) is 17.9 Å². The molecule has 0 heterocycles. The van der Waals surface area contributed by atoms with Gasteiger partial charge in [0.1, 0.15) is 0 Å². The fourth-order valence-electron chi connectivity index (χ4n) is 2.27. The average Bonchev–Trinajstić information content (AvgIpc) is 2.61. The first kappa shape index (κ1) is 18.2. The Bertz CT molecular complexity index is 639. The molecule has 0 radical (unpaired) electrons. The fourth-order valence-corrected chi connectivity index (χ4v) is 2.68. The van der Waals surface area contributed by atoms with Crippen molar-refractivity contribution in [1.82, 2.24) is 10.6 Å². The van der Waals surface area contributed by atoms with Crippen LogP contribution in [0.1, 0.15) is 11.1 Å². The van der Waals surface area contributed by atoms with Crippen molar-refractivity contribution in [2.75, 3.05) is 31.8 Å². The van der Waals surface area contributed by atoms with Crippen molar-refractivity contribution in [2.24, 2.45) is 0 Å². The van der Waals surface area contributed by atoms with E-state index in [1.165, 1.54) is 16.1 Å². The molecule has 2 aromatic carbocycles. The minimum Gasteiger partial charge on any atom is -0.378 e. The molecule has 2 N–H and O–H groups in total. The predicted molar refractivity (Wildman–Crippen MR) is 103 cm³/mol. The van der Waals surface area contributed by atoms with Crippen molar-refractivity contribution < 1.29 is 4.79 Å². The highest BCUT2D eigenvalue weighted by Gasteiger charge is 2.01. The van der Waals surface area contributed by atoms with Crippen LogP contribution >= 0.6 is 11.8 Å². The third-order valence-corrected chi connectivity index (χ3v) is 4.51. The van der Waals surface area contributed by atoms with E-state index < -0.39 is 0 Å². The van der Waals surface area contributed by atoms with Crippen LogP contribution in [0, 0.1) is 0 Å². The molecule has 128 valence electrons. The lowest BCUT2D eigenvalue weighted by molar-refractivity contribution is 0.240. The monoisotopic (exact) mass is 343 g/mol. The lowest BCUT2D eigenvalue weighted by Crippen LogP contribution is -2.36. The molecule has 0 bridgehead atoms. The Balaban J connectivity index is 1.69. The van der Waals surface area contributed by atoms with Gasteiger partial charge in [-0.2, -0.15) is 0 Å². The third kappa shape index (κ3) is 5.81. The molecule has 0 aliphatic heterocycles. The van der Waals surface area contributed by atoms with Crippen LogP contribution in [0.3, 0.4) is 0 Å². The van der Waals surface area contributed by atoms with E-state index in [-0.39, 0.29) is 6.03 Å². The number of anilines is 1. The van der Waals surface area contributed by atoms with Gasteiger partial charge >= 0.3 is 6.03 Å². The van der Waals surface area contributed by atoms with Gasteiger partial charge in [0.25, 0.3) is 0 Å². The van der Waals surface area contributed by atoms with Gasteiger partial charge in [-0.15, -0.1) is 11.8 Å². The number of thioether (sulfide) groups is 1. The lowest BCUT2D eigenvalue weighted by atomic mass is 10.1. The highest BCUT2D eigenvalue weighted by atomic mass is 32.2. The van der Waals surface area contributed by atoms with Crippen molar-refractivity contribution in [3.63, 3.8) is 0 Å². The maximum Gasteiger partial charge on any atom is 0.315 e. The Morgan fingerprint density at radius 1 is 0.958 bits per heavy atom. The predicted octanol–water partition coefficient (Wildman–Crippen LogP) is 3.52. The summed E-state index contributed by atoms with van der Waals surface area (Å²) in [6.07, 6.45) is 2.87. The largest absolute Gasteiger partial charge is 0.378 e. The Kier molecular flexibility index (Phi) is 7.00. The van der Waals surface area contributed by atoms with Crippen LogP contribution in [0.25, 0.3) is 0 Å². The number of nitrogens with zero attached hydrogens (tertiary/aromatic N) is 1. The summed E-state index contributed by atoms with van der Waals surface area (Å²) in [7, 11) is 4.05. The van der Waals surface area contributed by atoms with Gasteiger partial charge in [0.15, 0.2) is 0 Å². The van der Waals surface area contributed by atoms with E-state index in [9.17, 15) is 4.79 Å². The SMILES string of the molecule is CSc1ccc(CNC(=O)NCCc2ccc(N(C)C)cc2)cc1. The van der Waals surface area contributed by atoms with E-state index in [1.807, 2.05) is 26.2 Å². The lowest BCUT2D eigenvalue weighted by Gasteiger charge is -2.13. The zero-order valence-electron chi connectivity index (χ0n) is 14.5. The van der Waals surface area contributed by atoms with Gasteiger partial charge in [0.05, 0.1) is 0 Å². The molecular formula is C19H25N3OS. The summed E-state index contributed by atoms with van der Waals surface area (Å²) in [4.78, 5) is 15.1. The zero-order chi connectivity index (χ0) is 17.4. The number of amides is 2. The second-order valence-corrected chi connectivity index (χ2v) is 6.65. The number of benzene rings is 2. The Morgan fingerprint density at radius 3 is 2.17 bits per heavy atom. The molecule has 4 nitrogen and oxygen atoms in total. The minimum atomic E-state index is -0.131. The highest BCUT2D eigenvalue weighted by molar-refractivity contribution is 7.98. The maximum atomic E-state index is 11.8. The number of nitrogens with one attached hydrogen (secondary N) is 2. The summed E-state index contributed by atoms with van der Waals surface area (Å²) in [5, 5.41) is 5.78. The van der Waals surface area contributed by atoms with Crippen LogP contribution < -0.4 is 15.5 Å². The van der Waals surface area contributed by atoms with Crippen molar-refractivity contribution >= 4 is 23.5 Å². The topological polar surface area (TPSA) is 44.4 Å². The number of carbonyl (C=O) groups excluding carboxylic acids is 1. The van der Waals surface area contributed by atoms with Crippen LogP contribution in [0.15, 0.2) is 53.4 Å². The molecule has 2 rings (SSSR count). The van der Waals surface area contributed by atoms with Gasteiger partial charge in [-0.05, 0) is 48.1 Å². The molecule has 2 amide bonds. The Morgan fingerprint density at radius 2 is 1.58 bits per heavy atom. The van der Waals surface area contributed by atoms with E-state index in [1.54, 1.807) is 11.8 Å². The zero-order valence-corrected chi connectivity index (χ0v) is 15.3. The van der Waals surface area contributed by atoms with Gasteiger partial charge < -0.3 is 15.5 Å². The second kappa shape index (κ2) is 9.23. The van der Waals surface area contributed by atoms with Gasteiger partial charge in [0.2, 0.25) is 0 Å². The fraction of sp³-hybridized carbons (Fsp3) is 0.316. The quantitative estimate of drug-likeness (QED) is 0.756. The molecular weight excluding hydrogens is 318 g/mol. The van der Waals surface area contributed by atoms with Gasteiger partial charge in [0, 0.05) is 37.8 Å². The molecule has 0 spiro atoms. The van der Waals surface area contributed by atoms with Crippen LogP contribution in [-0.4, -0.2) is 32.9 Å². The number of hydrogen-bond acceptors (Lipinski definition) is 3. The molecule has 0 atom stereocenters. The van der Waals surface area contributed by atoms with E-state index in [2.05, 4.69) is 58.2 Å². The van der Waals surface area contributed by atoms with Crippen molar-refractivity contribution in [3.8, 4) is 0 Å². The standard InChI is InChI=1S/C19H25N3OS/c1-22(2)17-8-4-15(5-9-17)12-13-20-19(23)21-14-16-6-10-18(24-3)11-7-16/h4-11H,12-14H2,1-3H3,(H2,20,21,23). The molecule has 2 aromatic rings. The van der Waals surface area contributed by atoms with Crippen LogP contribution in [0.5, 0.6) is 0 Å². The van der Waals surface area contributed by atoms with Crippen LogP contribution in [0.4, 0.5) is 10.5 Å². The average molecular weight is 343 g/mol. The molecule has 0 aromatic heterocycles. The minimum absolute atomic E-state index is 0.131. The van der Waals surface area contributed by atoms with E-state index in [0.29, 0.717) is 13.1 Å². The normalized spacial score (nSPS) is 10.3. The molecule has 0 unspecified atom stereocenters. The summed E-state index contributed by atoms with van der Waals surface area (Å²) in [5.74, 6) is 0. The molecule has 0 fully saturated rings. The Hall–Kier alpha value is -2.14. The van der Waals surface area contributed by atoms with Gasteiger partial charge in [-0.3, -0.25) is 0 Å². The third-order valence-electron chi connectivity index (χ3n) is 3.76. The number of urea groups is 1. The first-order chi connectivity index (χ1) is 11.6. The second-order valence-electron chi connectivity index (χ2n) is 5.77. The van der Waals surface area contributed by atoms with Gasteiger partial charge in [-0.25, -0.2) is 4.79 Å². The molecule has 24 heavy (non-hydrogen) atoms. The number of carbonyl (C=O) groups is 1. The van der Waals surface area contributed by atoms with Gasteiger partial charge in [-0.1, -0.05) is 24.3 Å². The Labute approximate surface area is 148 Å². The van der Waals surface area contributed by atoms with E-state index >= 15 is 0 Å². The van der Waals surface area contributed by atoms with Crippen LogP contribution in [-0.2, 0) is 13.0 Å². The van der Waals surface area contributed by atoms with E-state index in [4.69, 9.17) is 0 Å². The first-order valence-electron chi connectivity index (χ1n) is 7.99. The number of hydrogen-bond donors (Lipinski definition) is 2. The summed E-state index contributed by atoms with van der Waals surface area (Å²) in [5.41, 5.74) is 3.49. The van der Waals surface area contributed by atoms with Crippen molar-refractivity contribution in [3.05, 3.63) is 59.7 Å². The molecule has 0 saturated heterocycles.